The SMILES string of the molecule is COCC(C)NCc1ccccc1N1CCN(C(=O)C(Cc2ccc(Cl)cc2Cl)N2CCCC2=O)CC1. The Hall–Kier alpha value is -2.32. The Labute approximate surface area is 229 Å². The van der Waals surface area contributed by atoms with Gasteiger partial charge in [-0.05, 0) is 42.7 Å². The van der Waals surface area contributed by atoms with Crippen LogP contribution in [0.3, 0.4) is 0 Å². The summed E-state index contributed by atoms with van der Waals surface area (Å²) >= 11 is 12.5. The van der Waals surface area contributed by atoms with Crippen LogP contribution in [0.15, 0.2) is 42.5 Å². The number of piperazine rings is 1. The first-order valence-electron chi connectivity index (χ1n) is 12.9. The van der Waals surface area contributed by atoms with Crippen molar-refractivity contribution in [2.75, 3.05) is 51.3 Å². The summed E-state index contributed by atoms with van der Waals surface area (Å²) in [6.07, 6.45) is 1.65. The summed E-state index contributed by atoms with van der Waals surface area (Å²) < 4.78 is 5.24. The minimum atomic E-state index is -0.556. The van der Waals surface area contributed by atoms with Gasteiger partial charge in [0.05, 0.1) is 6.61 Å². The van der Waals surface area contributed by atoms with Gasteiger partial charge in [0.25, 0.3) is 0 Å². The first-order valence-corrected chi connectivity index (χ1v) is 13.7. The summed E-state index contributed by atoms with van der Waals surface area (Å²) in [6, 6.07) is 13.4. The lowest BCUT2D eigenvalue weighted by atomic mass is 10.0. The smallest absolute Gasteiger partial charge is 0.245 e. The van der Waals surface area contributed by atoms with Gasteiger partial charge in [-0.3, -0.25) is 9.59 Å². The molecule has 2 aliphatic rings. The van der Waals surface area contributed by atoms with Crippen LogP contribution >= 0.6 is 23.2 Å². The number of nitrogens with zero attached hydrogens (tertiary/aromatic N) is 3. The molecule has 200 valence electrons. The molecule has 0 bridgehead atoms. The Kier molecular flexibility index (Phi) is 9.71. The van der Waals surface area contributed by atoms with E-state index in [1.807, 2.05) is 11.0 Å². The number of likely N-dealkylation sites (tertiary alicyclic amines) is 1. The molecule has 1 N–H and O–H groups in total. The van der Waals surface area contributed by atoms with Gasteiger partial charge >= 0.3 is 0 Å². The molecule has 2 heterocycles. The molecule has 2 unspecified atom stereocenters. The van der Waals surface area contributed by atoms with E-state index in [2.05, 4.69) is 41.4 Å². The van der Waals surface area contributed by atoms with E-state index in [1.54, 1.807) is 24.1 Å². The van der Waals surface area contributed by atoms with Crippen molar-refractivity contribution in [2.24, 2.45) is 0 Å². The monoisotopic (exact) mass is 546 g/mol. The quantitative estimate of drug-likeness (QED) is 0.488. The van der Waals surface area contributed by atoms with E-state index in [-0.39, 0.29) is 17.9 Å². The van der Waals surface area contributed by atoms with Crippen LogP contribution in [-0.2, 0) is 27.3 Å². The van der Waals surface area contributed by atoms with Crippen molar-refractivity contribution in [1.82, 2.24) is 15.1 Å². The number of halogens is 2. The van der Waals surface area contributed by atoms with E-state index >= 15 is 0 Å². The summed E-state index contributed by atoms with van der Waals surface area (Å²) in [5.74, 6) is 0.0236. The molecule has 0 radical (unpaired) electrons. The number of hydrogen-bond donors (Lipinski definition) is 1. The van der Waals surface area contributed by atoms with Gasteiger partial charge in [0.2, 0.25) is 11.8 Å². The van der Waals surface area contributed by atoms with Crippen LogP contribution in [0.5, 0.6) is 0 Å². The maximum Gasteiger partial charge on any atom is 0.245 e. The first kappa shape index (κ1) is 27.7. The predicted octanol–water partition coefficient (Wildman–Crippen LogP) is 4.00. The summed E-state index contributed by atoms with van der Waals surface area (Å²) in [5.41, 5.74) is 3.24. The summed E-state index contributed by atoms with van der Waals surface area (Å²) in [6.45, 7) is 6.79. The maximum atomic E-state index is 13.8. The van der Waals surface area contributed by atoms with Crippen molar-refractivity contribution in [3.8, 4) is 0 Å². The highest BCUT2D eigenvalue weighted by molar-refractivity contribution is 6.35. The van der Waals surface area contributed by atoms with Gasteiger partial charge in [0.15, 0.2) is 0 Å². The number of nitrogens with one attached hydrogen (secondary N) is 1. The summed E-state index contributed by atoms with van der Waals surface area (Å²) in [7, 11) is 1.71. The van der Waals surface area contributed by atoms with Crippen LogP contribution in [0.25, 0.3) is 0 Å². The van der Waals surface area contributed by atoms with Crippen molar-refractivity contribution < 1.29 is 14.3 Å². The normalized spacial score (nSPS) is 17.8. The standard InChI is InChI=1S/C28H36Cl2N4O3/c1-20(19-37-2)31-18-22-6-3-4-7-25(22)32-12-14-33(15-13-32)28(36)26(34-11-5-8-27(34)35)16-21-9-10-23(29)17-24(21)30/h3-4,6-7,9-10,17,20,26,31H,5,8,11-16,18-19H2,1-2H3. The molecule has 2 amide bonds. The lowest BCUT2D eigenvalue weighted by molar-refractivity contribution is -0.143. The molecule has 2 atom stereocenters. The van der Waals surface area contributed by atoms with Crippen LogP contribution in [0.2, 0.25) is 10.0 Å². The van der Waals surface area contributed by atoms with Gasteiger partial charge in [-0.1, -0.05) is 47.5 Å². The minimum absolute atomic E-state index is 0.00995. The van der Waals surface area contributed by atoms with E-state index in [9.17, 15) is 9.59 Å². The number of anilines is 1. The number of ether oxygens (including phenoxy) is 1. The van der Waals surface area contributed by atoms with E-state index in [4.69, 9.17) is 27.9 Å². The molecule has 2 aromatic rings. The molecule has 4 rings (SSSR count). The molecule has 37 heavy (non-hydrogen) atoms. The van der Waals surface area contributed by atoms with Crippen LogP contribution in [0.1, 0.15) is 30.9 Å². The Morgan fingerprint density at radius 2 is 1.81 bits per heavy atom. The molecule has 2 saturated heterocycles. The molecule has 0 spiro atoms. The van der Waals surface area contributed by atoms with Gasteiger partial charge in [0.1, 0.15) is 6.04 Å². The zero-order valence-corrected chi connectivity index (χ0v) is 23.1. The van der Waals surface area contributed by atoms with Crippen LogP contribution in [0, 0.1) is 0 Å². The van der Waals surface area contributed by atoms with E-state index < -0.39 is 6.04 Å². The Bertz CT molecular complexity index is 1090. The molecule has 9 heteroatoms. The molecule has 2 aromatic carbocycles. The third-order valence-corrected chi connectivity index (χ3v) is 7.77. The van der Waals surface area contributed by atoms with Crippen molar-refractivity contribution >= 4 is 40.7 Å². The highest BCUT2D eigenvalue weighted by atomic mass is 35.5. The lowest BCUT2D eigenvalue weighted by Gasteiger charge is -2.40. The fourth-order valence-electron chi connectivity index (χ4n) is 5.17. The van der Waals surface area contributed by atoms with Gasteiger partial charge in [-0.15, -0.1) is 0 Å². The van der Waals surface area contributed by atoms with Crippen molar-refractivity contribution in [3.05, 3.63) is 63.6 Å². The van der Waals surface area contributed by atoms with Gasteiger partial charge in [-0.25, -0.2) is 0 Å². The first-order chi connectivity index (χ1) is 17.9. The third kappa shape index (κ3) is 6.96. The average molecular weight is 548 g/mol. The van der Waals surface area contributed by atoms with E-state index in [0.717, 1.165) is 31.6 Å². The molecule has 2 aliphatic heterocycles. The second-order valence-corrected chi connectivity index (χ2v) is 10.7. The molecule has 7 nitrogen and oxygen atoms in total. The number of para-hydroxylation sites is 1. The third-order valence-electron chi connectivity index (χ3n) is 7.18. The second-order valence-electron chi connectivity index (χ2n) is 9.82. The number of hydrogen-bond acceptors (Lipinski definition) is 5. The second kappa shape index (κ2) is 13.0. The van der Waals surface area contributed by atoms with E-state index in [1.165, 1.54) is 11.3 Å². The van der Waals surface area contributed by atoms with Crippen LogP contribution in [-0.4, -0.2) is 80.1 Å². The predicted molar refractivity (Wildman–Crippen MR) is 148 cm³/mol. The van der Waals surface area contributed by atoms with Crippen molar-refractivity contribution in [1.29, 1.82) is 0 Å². The Balaban J connectivity index is 1.44. The number of methoxy groups -OCH3 is 1. The molecular weight excluding hydrogens is 511 g/mol. The largest absolute Gasteiger partial charge is 0.383 e. The fourth-order valence-corrected chi connectivity index (χ4v) is 5.65. The van der Waals surface area contributed by atoms with Gasteiger partial charge < -0.3 is 24.8 Å². The van der Waals surface area contributed by atoms with Crippen LogP contribution in [0.4, 0.5) is 5.69 Å². The van der Waals surface area contributed by atoms with Gasteiger partial charge in [0, 0.05) is 81.0 Å². The summed E-state index contributed by atoms with van der Waals surface area (Å²) in [5, 5.41) is 4.58. The number of amides is 2. The topological polar surface area (TPSA) is 65.1 Å². The zero-order valence-electron chi connectivity index (χ0n) is 21.6. The lowest BCUT2D eigenvalue weighted by Crippen LogP contribution is -2.56. The number of carbonyl (C=O) groups excluding carboxylic acids is 2. The number of rotatable bonds is 10. The summed E-state index contributed by atoms with van der Waals surface area (Å²) in [4.78, 5) is 32.4. The van der Waals surface area contributed by atoms with Crippen molar-refractivity contribution in [3.63, 3.8) is 0 Å². The number of carbonyl (C=O) groups is 2. The molecule has 0 aliphatic carbocycles. The van der Waals surface area contributed by atoms with Crippen LogP contribution < -0.4 is 10.2 Å². The minimum Gasteiger partial charge on any atom is -0.383 e. The zero-order chi connectivity index (χ0) is 26.4. The molecule has 2 fully saturated rings. The fraction of sp³-hybridized carbons (Fsp3) is 0.500. The molecule has 0 saturated carbocycles. The maximum absolute atomic E-state index is 13.8. The van der Waals surface area contributed by atoms with Crippen molar-refractivity contribution in [2.45, 2.75) is 44.8 Å². The molecule has 0 aromatic heterocycles. The molecular formula is C28H36Cl2N4O3. The van der Waals surface area contributed by atoms with Gasteiger partial charge in [-0.2, -0.15) is 0 Å². The highest BCUT2D eigenvalue weighted by Crippen LogP contribution is 2.27. The Morgan fingerprint density at radius 3 is 2.49 bits per heavy atom. The average Bonchev–Trinajstić information content (AvgIpc) is 3.32. The highest BCUT2D eigenvalue weighted by Gasteiger charge is 2.36. The Morgan fingerprint density at radius 1 is 1.05 bits per heavy atom. The number of benzene rings is 2. The van der Waals surface area contributed by atoms with E-state index in [0.29, 0.717) is 49.1 Å².